The minimum atomic E-state index is -1.44. The smallest absolute Gasteiger partial charge is 0.231 e. The molecular weight excluding hydrogens is 547 g/mol. The molecule has 2 atom stereocenters. The second-order valence-corrected chi connectivity index (χ2v) is 10.3. The molecule has 0 bridgehead atoms. The van der Waals surface area contributed by atoms with Crippen LogP contribution in [-0.4, -0.2) is 16.0 Å². The van der Waals surface area contributed by atoms with E-state index >= 15 is 0 Å². The van der Waals surface area contributed by atoms with Crippen molar-refractivity contribution in [1.82, 2.24) is 0 Å². The topological polar surface area (TPSA) is 72.2 Å². The number of hydrogen-bond acceptors (Lipinski definition) is 3. The molecule has 1 fully saturated rings. The van der Waals surface area contributed by atoms with Gasteiger partial charge in [0.1, 0.15) is 27.5 Å². The first-order valence-corrected chi connectivity index (χ1v) is 11.6. The van der Waals surface area contributed by atoms with Gasteiger partial charge in [-0.15, -0.1) is 23.2 Å². The number of alkyl halides is 2. The lowest BCUT2D eigenvalue weighted by molar-refractivity contribution is -0.117. The van der Waals surface area contributed by atoms with Crippen LogP contribution in [0, 0.1) is 23.4 Å². The van der Waals surface area contributed by atoms with E-state index in [2.05, 4.69) is 5.32 Å². The summed E-state index contributed by atoms with van der Waals surface area (Å²) in [5, 5.41) is 2.59. The van der Waals surface area contributed by atoms with Crippen molar-refractivity contribution in [2.24, 2.45) is 5.92 Å². The summed E-state index contributed by atoms with van der Waals surface area (Å²) in [4.78, 5) is 25.7. The second kappa shape index (κ2) is 9.54. The Bertz CT molecular complexity index is 1340. The van der Waals surface area contributed by atoms with Crippen molar-refractivity contribution < 1.29 is 22.8 Å². The van der Waals surface area contributed by atoms with Crippen molar-refractivity contribution in [3.8, 4) is 0 Å². The Hall–Kier alpha value is -2.45. The van der Waals surface area contributed by atoms with Gasteiger partial charge in [0.25, 0.3) is 0 Å². The number of anilines is 2. The predicted molar refractivity (Wildman–Crippen MR) is 131 cm³/mol. The van der Waals surface area contributed by atoms with E-state index in [1.165, 1.54) is 30.3 Å². The molecule has 0 aliphatic heterocycles. The molecule has 1 saturated carbocycles. The number of carbonyl (C=O) groups is 2. The molecule has 0 unspecified atom stereocenters. The highest BCUT2D eigenvalue weighted by molar-refractivity contribution is 6.53. The number of rotatable bonds is 6. The SMILES string of the molecule is Nc1c(F)cc(CC(=O)c2cc(NC(=O)[C@H]3[C@H](c4ccc(F)c(Cl)c4)C3(Cl)Cl)ccc2Cl)cc1F. The number of ketones is 1. The van der Waals surface area contributed by atoms with Gasteiger partial charge in [-0.3, -0.25) is 9.59 Å². The van der Waals surface area contributed by atoms with Gasteiger partial charge >= 0.3 is 0 Å². The number of amides is 1. The van der Waals surface area contributed by atoms with Crippen LogP contribution in [-0.2, 0) is 11.2 Å². The van der Waals surface area contributed by atoms with Gasteiger partial charge in [-0.05, 0) is 53.6 Å². The monoisotopic (exact) mass is 560 g/mol. The molecule has 1 amide bonds. The molecule has 35 heavy (non-hydrogen) atoms. The Balaban J connectivity index is 1.51. The van der Waals surface area contributed by atoms with E-state index in [0.29, 0.717) is 5.56 Å². The van der Waals surface area contributed by atoms with Crippen LogP contribution in [0.25, 0.3) is 0 Å². The fraction of sp³-hybridized carbons (Fsp3) is 0.167. The molecular formula is C24H15Cl4F3N2O2. The molecule has 4 nitrogen and oxygen atoms in total. The summed E-state index contributed by atoms with van der Waals surface area (Å²) in [6.45, 7) is 0. The molecule has 3 aromatic rings. The highest BCUT2D eigenvalue weighted by Crippen LogP contribution is 2.65. The van der Waals surface area contributed by atoms with Crippen LogP contribution >= 0.6 is 46.4 Å². The summed E-state index contributed by atoms with van der Waals surface area (Å²) in [6, 6.07) is 10.1. The van der Waals surface area contributed by atoms with Gasteiger partial charge in [0.2, 0.25) is 5.91 Å². The minimum absolute atomic E-state index is 0.0304. The Morgan fingerprint density at radius 1 is 0.914 bits per heavy atom. The van der Waals surface area contributed by atoms with E-state index < -0.39 is 51.0 Å². The fourth-order valence-corrected chi connectivity index (χ4v) is 5.07. The summed E-state index contributed by atoms with van der Waals surface area (Å²) in [5.41, 5.74) is 5.44. The van der Waals surface area contributed by atoms with Crippen LogP contribution in [0.1, 0.15) is 27.4 Å². The number of benzene rings is 3. The first kappa shape index (κ1) is 25.6. The largest absolute Gasteiger partial charge is 0.394 e. The van der Waals surface area contributed by atoms with Crippen LogP contribution in [0.15, 0.2) is 48.5 Å². The Kier molecular flexibility index (Phi) is 6.99. The summed E-state index contributed by atoms with van der Waals surface area (Å²) in [7, 11) is 0. The molecule has 11 heteroatoms. The highest BCUT2D eigenvalue weighted by Gasteiger charge is 2.67. The first-order valence-electron chi connectivity index (χ1n) is 10.1. The van der Waals surface area contributed by atoms with Crippen molar-refractivity contribution >= 4 is 69.5 Å². The van der Waals surface area contributed by atoms with Crippen LogP contribution in [0.2, 0.25) is 10.0 Å². The maximum Gasteiger partial charge on any atom is 0.231 e. The average molecular weight is 562 g/mol. The minimum Gasteiger partial charge on any atom is -0.394 e. The molecule has 0 heterocycles. The maximum absolute atomic E-state index is 13.7. The zero-order valence-electron chi connectivity index (χ0n) is 17.5. The standard InChI is InChI=1S/C24H15Cl4F3N2O2/c25-14-3-2-12(9-13(14)19(34)7-10-5-17(30)22(32)18(31)6-10)33-23(35)21-20(24(21,27)28)11-1-4-16(29)15(26)8-11/h1-6,8-9,20-21H,7,32H2,(H,33,35)/t20-,21+/m0/s1. The summed E-state index contributed by atoms with van der Waals surface area (Å²) in [6.07, 6.45) is -0.353. The van der Waals surface area contributed by atoms with Gasteiger partial charge in [-0.2, -0.15) is 0 Å². The van der Waals surface area contributed by atoms with Crippen molar-refractivity contribution in [1.29, 1.82) is 0 Å². The summed E-state index contributed by atoms with van der Waals surface area (Å²) in [5.74, 6) is -5.16. The predicted octanol–water partition coefficient (Wildman–Crippen LogP) is 6.94. The third-order valence-corrected chi connectivity index (χ3v) is 7.24. The molecule has 0 spiro atoms. The van der Waals surface area contributed by atoms with Gasteiger partial charge < -0.3 is 11.1 Å². The van der Waals surface area contributed by atoms with E-state index in [1.807, 2.05) is 0 Å². The normalized spacial score (nSPS) is 18.3. The average Bonchev–Trinajstić information content (AvgIpc) is 3.37. The van der Waals surface area contributed by atoms with Crippen molar-refractivity contribution in [2.45, 2.75) is 16.7 Å². The quantitative estimate of drug-likeness (QED) is 0.194. The number of nitrogens with two attached hydrogens (primary N) is 1. The second-order valence-electron chi connectivity index (χ2n) is 8.06. The van der Waals surface area contributed by atoms with Gasteiger partial charge in [0.15, 0.2) is 5.78 Å². The van der Waals surface area contributed by atoms with Crippen LogP contribution in [0.3, 0.4) is 0 Å². The van der Waals surface area contributed by atoms with Crippen molar-refractivity contribution in [3.63, 3.8) is 0 Å². The molecule has 1 aliphatic carbocycles. The summed E-state index contributed by atoms with van der Waals surface area (Å²) < 4.78 is 39.5. The first-order chi connectivity index (χ1) is 16.4. The van der Waals surface area contributed by atoms with E-state index in [1.54, 1.807) is 0 Å². The van der Waals surface area contributed by atoms with E-state index in [0.717, 1.165) is 18.2 Å². The molecule has 4 rings (SSSR count). The van der Waals surface area contributed by atoms with Crippen molar-refractivity contribution in [2.75, 3.05) is 11.1 Å². The van der Waals surface area contributed by atoms with Crippen LogP contribution < -0.4 is 11.1 Å². The number of nitrogen functional groups attached to an aromatic ring is 1. The fourth-order valence-electron chi connectivity index (χ4n) is 3.83. The lowest BCUT2D eigenvalue weighted by Crippen LogP contribution is -2.17. The lowest BCUT2D eigenvalue weighted by atomic mass is 10.0. The molecule has 0 saturated heterocycles. The summed E-state index contributed by atoms with van der Waals surface area (Å²) >= 11 is 24.6. The van der Waals surface area contributed by atoms with Crippen LogP contribution in [0.5, 0.6) is 0 Å². The Morgan fingerprint density at radius 2 is 1.57 bits per heavy atom. The molecule has 1 aliphatic rings. The number of nitrogens with one attached hydrogen (secondary N) is 1. The van der Waals surface area contributed by atoms with Crippen LogP contribution in [0.4, 0.5) is 24.5 Å². The number of Topliss-reactive ketones (excluding diaryl/α,β-unsaturated/α-hetero) is 1. The zero-order valence-corrected chi connectivity index (χ0v) is 20.5. The number of halogens is 7. The Morgan fingerprint density at radius 3 is 2.20 bits per heavy atom. The molecule has 3 N–H and O–H groups in total. The number of hydrogen-bond donors (Lipinski definition) is 2. The third kappa shape index (κ3) is 5.09. The lowest BCUT2D eigenvalue weighted by Gasteiger charge is -2.10. The molecule has 182 valence electrons. The van der Waals surface area contributed by atoms with Gasteiger partial charge in [-0.1, -0.05) is 29.3 Å². The molecule has 0 aromatic heterocycles. The number of carbonyl (C=O) groups excluding carboxylic acids is 2. The van der Waals surface area contributed by atoms with Gasteiger partial charge in [0, 0.05) is 23.6 Å². The highest BCUT2D eigenvalue weighted by atomic mass is 35.5. The molecule has 3 aromatic carbocycles. The Labute approximate surface area is 218 Å². The third-order valence-electron chi connectivity index (χ3n) is 5.68. The van der Waals surface area contributed by atoms with Gasteiger partial charge in [0.05, 0.1) is 16.0 Å². The maximum atomic E-state index is 13.7. The van der Waals surface area contributed by atoms with E-state index in [4.69, 9.17) is 52.1 Å². The van der Waals surface area contributed by atoms with Crippen molar-refractivity contribution in [3.05, 3.63) is 92.7 Å². The molecule has 0 radical (unpaired) electrons. The van der Waals surface area contributed by atoms with E-state index in [9.17, 15) is 22.8 Å². The van der Waals surface area contributed by atoms with E-state index in [-0.39, 0.29) is 33.3 Å². The van der Waals surface area contributed by atoms with Gasteiger partial charge in [-0.25, -0.2) is 13.2 Å². The zero-order chi connectivity index (χ0) is 25.7.